The van der Waals surface area contributed by atoms with Crippen LogP contribution in [0.1, 0.15) is 76.3 Å². The van der Waals surface area contributed by atoms with Gasteiger partial charge in [-0.1, -0.05) is 26.8 Å². The Morgan fingerprint density at radius 3 is 2.80 bits per heavy atom. The van der Waals surface area contributed by atoms with Gasteiger partial charge in [-0.3, -0.25) is 4.79 Å². The van der Waals surface area contributed by atoms with Crippen LogP contribution in [0.15, 0.2) is 18.2 Å². The van der Waals surface area contributed by atoms with Crippen molar-refractivity contribution >= 4 is 5.78 Å². The highest BCUT2D eigenvalue weighted by Crippen LogP contribution is 2.63. The highest BCUT2D eigenvalue weighted by molar-refractivity contribution is 5.82. The highest BCUT2D eigenvalue weighted by atomic mass is 16.3. The number of aromatic hydroxyl groups is 1. The monoisotopic (exact) mass is 340 g/mol. The predicted molar refractivity (Wildman–Crippen MR) is 101 cm³/mol. The van der Waals surface area contributed by atoms with E-state index in [0.717, 1.165) is 25.2 Å². The average Bonchev–Trinajstić information content (AvgIpc) is 2.91. The first-order valence-corrected chi connectivity index (χ1v) is 10.2. The molecule has 0 amide bonds. The number of aryl methyl sites for hydroxylation is 1. The molecule has 136 valence electrons. The van der Waals surface area contributed by atoms with Crippen LogP contribution in [-0.4, -0.2) is 10.9 Å². The van der Waals surface area contributed by atoms with Crippen LogP contribution in [0.2, 0.25) is 0 Å². The molecule has 4 rings (SSSR count). The van der Waals surface area contributed by atoms with Gasteiger partial charge in [0.2, 0.25) is 0 Å². The standard InChI is InChI=1S/C23H32O2/c1-14(2)12-22(25)21-9-8-20-19-6-4-15-13-16(24)5-7-17(15)18(19)10-11-23(20,21)3/h5,7,13-14,18-21,24H,4,6,8-12H2,1-3H3/t18-,19-,20+,21-,23+/m1/s1. The van der Waals surface area contributed by atoms with E-state index in [-0.39, 0.29) is 5.41 Å². The molecule has 3 aliphatic rings. The topological polar surface area (TPSA) is 37.3 Å². The molecule has 0 bridgehead atoms. The number of phenolic OH excluding ortho intramolecular Hbond substituents is 1. The second kappa shape index (κ2) is 6.14. The summed E-state index contributed by atoms with van der Waals surface area (Å²) in [5, 5.41) is 9.81. The van der Waals surface area contributed by atoms with Crippen molar-refractivity contribution < 1.29 is 9.90 Å². The van der Waals surface area contributed by atoms with Gasteiger partial charge in [0, 0.05) is 12.3 Å². The third-order valence-corrected chi connectivity index (χ3v) is 7.71. The van der Waals surface area contributed by atoms with Crippen LogP contribution >= 0.6 is 0 Å². The largest absolute Gasteiger partial charge is 0.508 e. The van der Waals surface area contributed by atoms with E-state index in [9.17, 15) is 9.90 Å². The number of Topliss-reactive ketones (excluding diaryl/α,β-unsaturated/α-hetero) is 1. The minimum atomic E-state index is 0.224. The van der Waals surface area contributed by atoms with Gasteiger partial charge in [-0.2, -0.15) is 0 Å². The van der Waals surface area contributed by atoms with Crippen molar-refractivity contribution in [2.45, 2.75) is 71.6 Å². The van der Waals surface area contributed by atoms with E-state index in [0.29, 0.717) is 35.2 Å². The molecule has 2 nitrogen and oxygen atoms in total. The lowest BCUT2D eigenvalue weighted by molar-refractivity contribution is -0.128. The molecule has 0 unspecified atom stereocenters. The summed E-state index contributed by atoms with van der Waals surface area (Å²) >= 11 is 0. The van der Waals surface area contributed by atoms with Gasteiger partial charge in [0.05, 0.1) is 0 Å². The molecular formula is C23H32O2. The van der Waals surface area contributed by atoms with Crippen molar-refractivity contribution in [1.82, 2.24) is 0 Å². The smallest absolute Gasteiger partial charge is 0.136 e. The molecule has 0 spiro atoms. The zero-order valence-corrected chi connectivity index (χ0v) is 15.9. The summed E-state index contributed by atoms with van der Waals surface area (Å²) in [4.78, 5) is 12.9. The van der Waals surface area contributed by atoms with Gasteiger partial charge in [-0.15, -0.1) is 0 Å². The first kappa shape index (κ1) is 17.1. The lowest BCUT2D eigenvalue weighted by Crippen LogP contribution is -2.44. The average molecular weight is 341 g/mol. The van der Waals surface area contributed by atoms with Crippen molar-refractivity contribution in [3.63, 3.8) is 0 Å². The fraction of sp³-hybridized carbons (Fsp3) is 0.696. The van der Waals surface area contributed by atoms with Gasteiger partial charge in [0.25, 0.3) is 0 Å². The normalized spacial score (nSPS) is 36.6. The number of rotatable bonds is 3. The molecule has 0 aromatic heterocycles. The zero-order valence-electron chi connectivity index (χ0n) is 15.9. The number of hydrogen-bond acceptors (Lipinski definition) is 2. The molecule has 2 fully saturated rings. The number of carbonyl (C=O) groups is 1. The number of phenols is 1. The highest BCUT2D eigenvalue weighted by Gasteiger charge is 2.56. The van der Waals surface area contributed by atoms with Gasteiger partial charge in [-0.25, -0.2) is 0 Å². The Balaban J connectivity index is 1.60. The van der Waals surface area contributed by atoms with E-state index >= 15 is 0 Å². The van der Waals surface area contributed by atoms with E-state index in [1.807, 2.05) is 12.1 Å². The van der Waals surface area contributed by atoms with Crippen LogP contribution in [0.25, 0.3) is 0 Å². The van der Waals surface area contributed by atoms with Crippen LogP contribution in [-0.2, 0) is 11.2 Å². The van der Waals surface area contributed by atoms with Crippen molar-refractivity contribution in [1.29, 1.82) is 0 Å². The van der Waals surface area contributed by atoms with E-state index in [2.05, 4.69) is 26.8 Å². The number of hydrogen-bond donors (Lipinski definition) is 1. The number of fused-ring (bicyclic) bond motifs is 5. The first-order valence-electron chi connectivity index (χ1n) is 10.2. The molecule has 0 radical (unpaired) electrons. The minimum absolute atomic E-state index is 0.224. The Hall–Kier alpha value is -1.31. The van der Waals surface area contributed by atoms with Crippen LogP contribution in [0.3, 0.4) is 0 Å². The van der Waals surface area contributed by atoms with Crippen LogP contribution in [0.4, 0.5) is 0 Å². The summed E-state index contributed by atoms with van der Waals surface area (Å²) in [5.74, 6) is 3.77. The molecule has 5 atom stereocenters. The molecular weight excluding hydrogens is 308 g/mol. The second-order valence-electron chi connectivity index (χ2n) is 9.54. The van der Waals surface area contributed by atoms with E-state index in [1.54, 1.807) is 0 Å². The Bertz CT molecular complexity index is 677. The van der Waals surface area contributed by atoms with E-state index < -0.39 is 0 Å². The second-order valence-corrected chi connectivity index (χ2v) is 9.54. The van der Waals surface area contributed by atoms with Crippen LogP contribution in [0.5, 0.6) is 5.75 Å². The lowest BCUT2D eigenvalue weighted by atomic mass is 9.53. The van der Waals surface area contributed by atoms with Gasteiger partial charge >= 0.3 is 0 Å². The predicted octanol–water partition coefficient (Wildman–Crippen LogP) is 5.48. The third kappa shape index (κ3) is 2.73. The summed E-state index contributed by atoms with van der Waals surface area (Å²) in [6, 6.07) is 6.00. The van der Waals surface area contributed by atoms with Gasteiger partial charge in [-0.05, 0) is 90.9 Å². The molecule has 2 heteroatoms. The zero-order chi connectivity index (χ0) is 17.8. The molecule has 25 heavy (non-hydrogen) atoms. The Kier molecular flexibility index (Phi) is 4.21. The summed E-state index contributed by atoms with van der Waals surface area (Å²) in [5.41, 5.74) is 3.06. The summed E-state index contributed by atoms with van der Waals surface area (Å²) < 4.78 is 0. The van der Waals surface area contributed by atoms with Crippen molar-refractivity contribution in [2.24, 2.45) is 29.1 Å². The summed E-state index contributed by atoms with van der Waals surface area (Å²) in [7, 11) is 0. The van der Waals surface area contributed by atoms with E-state index in [4.69, 9.17) is 0 Å². The molecule has 0 saturated heterocycles. The molecule has 3 aliphatic carbocycles. The minimum Gasteiger partial charge on any atom is -0.508 e. The maximum atomic E-state index is 12.9. The Morgan fingerprint density at radius 2 is 2.04 bits per heavy atom. The molecule has 0 heterocycles. The molecule has 0 aliphatic heterocycles. The van der Waals surface area contributed by atoms with Crippen molar-refractivity contribution in [3.8, 4) is 5.75 Å². The van der Waals surface area contributed by atoms with E-state index in [1.165, 1.54) is 36.8 Å². The van der Waals surface area contributed by atoms with Crippen molar-refractivity contribution in [3.05, 3.63) is 29.3 Å². The SMILES string of the molecule is CC(C)CC(=O)[C@H]1CC[C@H]2[C@@H]3CCc4cc(O)ccc4[C@H]3CC[C@]12C. The quantitative estimate of drug-likeness (QED) is 0.791. The van der Waals surface area contributed by atoms with Gasteiger partial charge < -0.3 is 5.11 Å². The van der Waals surface area contributed by atoms with Gasteiger partial charge in [0.15, 0.2) is 0 Å². The Morgan fingerprint density at radius 1 is 1.24 bits per heavy atom. The fourth-order valence-corrected chi connectivity index (χ4v) is 6.64. The Labute approximate surface area is 152 Å². The number of carbonyl (C=O) groups excluding carboxylic acids is 1. The van der Waals surface area contributed by atoms with Gasteiger partial charge in [0.1, 0.15) is 11.5 Å². The summed E-state index contributed by atoms with van der Waals surface area (Å²) in [6.45, 7) is 6.75. The fourth-order valence-electron chi connectivity index (χ4n) is 6.64. The number of ketones is 1. The lowest BCUT2D eigenvalue weighted by Gasteiger charge is -2.50. The maximum Gasteiger partial charge on any atom is 0.136 e. The molecule has 1 N–H and O–H groups in total. The third-order valence-electron chi connectivity index (χ3n) is 7.71. The van der Waals surface area contributed by atoms with Crippen molar-refractivity contribution in [2.75, 3.05) is 0 Å². The van der Waals surface area contributed by atoms with Crippen LogP contribution in [0, 0.1) is 29.1 Å². The van der Waals surface area contributed by atoms with Crippen LogP contribution < -0.4 is 0 Å². The number of benzene rings is 1. The molecule has 2 saturated carbocycles. The molecule has 1 aromatic carbocycles. The summed E-state index contributed by atoms with van der Waals surface area (Å²) in [6.07, 6.45) is 7.81. The molecule has 1 aromatic rings. The first-order chi connectivity index (χ1) is 11.9. The maximum absolute atomic E-state index is 12.9.